The van der Waals surface area contributed by atoms with Gasteiger partial charge >= 0.3 is 6.03 Å². The Morgan fingerprint density at radius 1 is 1.08 bits per heavy atom. The monoisotopic (exact) mass is 351 g/mol. The Hall–Kier alpha value is -2.82. The number of amides is 3. The summed E-state index contributed by atoms with van der Waals surface area (Å²) in [5.41, 5.74) is 2.83. The van der Waals surface area contributed by atoms with Gasteiger partial charge < -0.3 is 15.5 Å². The molecule has 1 heterocycles. The quantitative estimate of drug-likeness (QED) is 0.866. The van der Waals surface area contributed by atoms with E-state index >= 15 is 0 Å². The number of carbonyl (C=O) groups is 2. The standard InChI is InChI=1S/C21H25N3O2/c1-15(2)23-21(26)22-14-16-8-10-18(11-9-16)20(25)24-13-12-19(24)17-6-4-3-5-7-17/h3-11,15,19H,12-14H2,1-2H3,(H2,22,23,26)/t19-/m1/s1. The maximum atomic E-state index is 12.8. The van der Waals surface area contributed by atoms with E-state index < -0.39 is 0 Å². The van der Waals surface area contributed by atoms with Crippen molar-refractivity contribution in [1.82, 2.24) is 15.5 Å². The Morgan fingerprint density at radius 2 is 1.77 bits per heavy atom. The molecular weight excluding hydrogens is 326 g/mol. The normalized spacial score (nSPS) is 16.1. The fourth-order valence-electron chi connectivity index (χ4n) is 3.08. The summed E-state index contributed by atoms with van der Waals surface area (Å²) in [6.45, 7) is 5.05. The molecule has 3 amide bonds. The summed E-state index contributed by atoms with van der Waals surface area (Å²) < 4.78 is 0. The van der Waals surface area contributed by atoms with Crippen LogP contribution in [0.3, 0.4) is 0 Å². The molecule has 136 valence electrons. The molecule has 1 saturated heterocycles. The Morgan fingerprint density at radius 3 is 2.35 bits per heavy atom. The van der Waals surface area contributed by atoms with Gasteiger partial charge in [-0.05, 0) is 43.5 Å². The van der Waals surface area contributed by atoms with Gasteiger partial charge in [0.1, 0.15) is 0 Å². The van der Waals surface area contributed by atoms with E-state index in [-0.39, 0.29) is 24.0 Å². The van der Waals surface area contributed by atoms with Gasteiger partial charge in [0, 0.05) is 24.7 Å². The molecule has 0 spiro atoms. The first-order valence-corrected chi connectivity index (χ1v) is 9.04. The molecule has 1 fully saturated rings. The first kappa shape index (κ1) is 18.0. The zero-order chi connectivity index (χ0) is 18.5. The van der Waals surface area contributed by atoms with Crippen molar-refractivity contribution in [3.05, 3.63) is 71.3 Å². The van der Waals surface area contributed by atoms with Crippen LogP contribution in [-0.2, 0) is 6.54 Å². The number of hydrogen-bond acceptors (Lipinski definition) is 2. The van der Waals surface area contributed by atoms with Crippen molar-refractivity contribution in [2.24, 2.45) is 0 Å². The van der Waals surface area contributed by atoms with Crippen molar-refractivity contribution in [2.45, 2.75) is 38.9 Å². The van der Waals surface area contributed by atoms with Crippen LogP contribution in [0.1, 0.15) is 47.8 Å². The van der Waals surface area contributed by atoms with E-state index in [9.17, 15) is 9.59 Å². The van der Waals surface area contributed by atoms with Crippen LogP contribution in [0.15, 0.2) is 54.6 Å². The lowest BCUT2D eigenvalue weighted by molar-refractivity contribution is 0.0460. The Kier molecular flexibility index (Phi) is 5.56. The van der Waals surface area contributed by atoms with Crippen LogP contribution >= 0.6 is 0 Å². The molecule has 0 unspecified atom stereocenters. The summed E-state index contributed by atoms with van der Waals surface area (Å²) in [5, 5.41) is 5.59. The summed E-state index contributed by atoms with van der Waals surface area (Å²) >= 11 is 0. The molecule has 3 rings (SSSR count). The summed E-state index contributed by atoms with van der Waals surface area (Å²) in [6.07, 6.45) is 1.00. The van der Waals surface area contributed by atoms with E-state index in [1.807, 2.05) is 61.2 Å². The number of benzene rings is 2. The molecule has 1 aliphatic rings. The number of carbonyl (C=O) groups excluding carboxylic acids is 2. The third-order valence-corrected chi connectivity index (χ3v) is 4.54. The van der Waals surface area contributed by atoms with Crippen LogP contribution in [-0.4, -0.2) is 29.4 Å². The van der Waals surface area contributed by atoms with Gasteiger partial charge in [0.05, 0.1) is 6.04 Å². The highest BCUT2D eigenvalue weighted by atomic mass is 16.2. The molecular formula is C21H25N3O2. The highest BCUT2D eigenvalue weighted by Gasteiger charge is 2.33. The Balaban J connectivity index is 1.58. The van der Waals surface area contributed by atoms with Crippen LogP contribution in [0, 0.1) is 0 Å². The van der Waals surface area contributed by atoms with Crippen LogP contribution in [0.5, 0.6) is 0 Å². The summed E-state index contributed by atoms with van der Waals surface area (Å²) in [5.74, 6) is 0.0576. The second-order valence-corrected chi connectivity index (χ2v) is 6.89. The minimum absolute atomic E-state index is 0.0576. The zero-order valence-electron chi connectivity index (χ0n) is 15.2. The average Bonchev–Trinajstić information content (AvgIpc) is 2.60. The van der Waals surface area contributed by atoms with Gasteiger partial charge in [-0.25, -0.2) is 4.79 Å². The van der Waals surface area contributed by atoms with Crippen molar-refractivity contribution in [1.29, 1.82) is 0 Å². The van der Waals surface area contributed by atoms with E-state index in [1.165, 1.54) is 5.56 Å². The van der Waals surface area contributed by atoms with Gasteiger partial charge in [0.2, 0.25) is 0 Å². The molecule has 2 aromatic carbocycles. The molecule has 0 aliphatic carbocycles. The number of rotatable bonds is 5. The molecule has 0 bridgehead atoms. The minimum Gasteiger partial charge on any atom is -0.336 e. The van der Waals surface area contributed by atoms with Crippen molar-refractivity contribution < 1.29 is 9.59 Å². The topological polar surface area (TPSA) is 61.4 Å². The van der Waals surface area contributed by atoms with Crippen LogP contribution < -0.4 is 10.6 Å². The third-order valence-electron chi connectivity index (χ3n) is 4.54. The van der Waals surface area contributed by atoms with E-state index in [1.54, 1.807) is 0 Å². The van der Waals surface area contributed by atoms with Crippen molar-refractivity contribution in [2.75, 3.05) is 6.54 Å². The molecule has 5 nitrogen and oxygen atoms in total. The number of nitrogens with zero attached hydrogens (tertiary/aromatic N) is 1. The van der Waals surface area contributed by atoms with E-state index in [0.717, 1.165) is 18.5 Å². The molecule has 2 aromatic rings. The fraction of sp³-hybridized carbons (Fsp3) is 0.333. The van der Waals surface area contributed by atoms with Crippen molar-refractivity contribution in [3.8, 4) is 0 Å². The van der Waals surface area contributed by atoms with Gasteiger partial charge in [-0.1, -0.05) is 42.5 Å². The number of likely N-dealkylation sites (tertiary alicyclic amines) is 1. The second kappa shape index (κ2) is 8.04. The predicted molar refractivity (Wildman–Crippen MR) is 102 cm³/mol. The molecule has 5 heteroatoms. The predicted octanol–water partition coefficient (Wildman–Crippen LogP) is 3.48. The van der Waals surface area contributed by atoms with Crippen molar-refractivity contribution in [3.63, 3.8) is 0 Å². The summed E-state index contributed by atoms with van der Waals surface area (Å²) in [6, 6.07) is 17.7. The van der Waals surface area contributed by atoms with Gasteiger partial charge in [0.15, 0.2) is 0 Å². The molecule has 1 aliphatic heterocycles. The highest BCUT2D eigenvalue weighted by Crippen LogP contribution is 2.34. The van der Waals surface area contributed by atoms with Gasteiger partial charge in [-0.3, -0.25) is 4.79 Å². The van der Waals surface area contributed by atoms with Crippen LogP contribution in [0.2, 0.25) is 0 Å². The lowest BCUT2D eigenvalue weighted by atomic mass is 9.93. The minimum atomic E-state index is -0.188. The largest absolute Gasteiger partial charge is 0.336 e. The van der Waals surface area contributed by atoms with E-state index in [4.69, 9.17) is 0 Å². The maximum Gasteiger partial charge on any atom is 0.315 e. The highest BCUT2D eigenvalue weighted by molar-refractivity contribution is 5.95. The van der Waals surface area contributed by atoms with Gasteiger partial charge in [-0.15, -0.1) is 0 Å². The molecule has 0 aromatic heterocycles. The third kappa shape index (κ3) is 4.23. The Bertz CT molecular complexity index is 757. The summed E-state index contributed by atoms with van der Waals surface area (Å²) in [4.78, 5) is 26.3. The second-order valence-electron chi connectivity index (χ2n) is 6.89. The van der Waals surface area contributed by atoms with Crippen LogP contribution in [0.25, 0.3) is 0 Å². The number of nitrogens with one attached hydrogen (secondary N) is 2. The van der Waals surface area contributed by atoms with Gasteiger partial charge in [-0.2, -0.15) is 0 Å². The molecule has 2 N–H and O–H groups in total. The smallest absolute Gasteiger partial charge is 0.315 e. The molecule has 0 radical (unpaired) electrons. The number of urea groups is 1. The average molecular weight is 351 g/mol. The summed E-state index contributed by atoms with van der Waals surface area (Å²) in [7, 11) is 0. The first-order valence-electron chi connectivity index (χ1n) is 9.04. The van der Waals surface area contributed by atoms with E-state index in [0.29, 0.717) is 12.1 Å². The zero-order valence-corrected chi connectivity index (χ0v) is 15.2. The Labute approximate surface area is 154 Å². The molecule has 1 atom stereocenters. The van der Waals surface area contributed by atoms with Crippen LogP contribution in [0.4, 0.5) is 4.79 Å². The lowest BCUT2D eigenvalue weighted by Gasteiger charge is -2.41. The SMILES string of the molecule is CC(C)NC(=O)NCc1ccc(C(=O)N2CC[C@@H]2c2ccccc2)cc1. The van der Waals surface area contributed by atoms with E-state index in [2.05, 4.69) is 22.8 Å². The maximum absolute atomic E-state index is 12.8. The molecule has 26 heavy (non-hydrogen) atoms. The lowest BCUT2D eigenvalue weighted by Crippen LogP contribution is -2.45. The van der Waals surface area contributed by atoms with Gasteiger partial charge in [0.25, 0.3) is 5.91 Å². The molecule has 0 saturated carbocycles. The van der Waals surface area contributed by atoms with Crippen molar-refractivity contribution >= 4 is 11.9 Å². The first-order chi connectivity index (χ1) is 12.5. The number of hydrogen-bond donors (Lipinski definition) is 2. The fourth-order valence-corrected chi connectivity index (χ4v) is 3.08.